The van der Waals surface area contributed by atoms with E-state index in [-0.39, 0.29) is 4.90 Å². The van der Waals surface area contributed by atoms with Gasteiger partial charge in [0.15, 0.2) is 0 Å². The number of ether oxygens (including phenoxy) is 1. The van der Waals surface area contributed by atoms with Gasteiger partial charge in [-0.3, -0.25) is 0 Å². The van der Waals surface area contributed by atoms with Crippen LogP contribution in [0, 0.1) is 0 Å². The van der Waals surface area contributed by atoms with Crippen molar-refractivity contribution < 1.29 is 13.2 Å². The second-order valence-electron chi connectivity index (χ2n) is 4.81. The standard InChI is InChI=1S/C13H23N3O3S/c1-16(2)9-5-4-8-15-20(17,18)11-6-7-13(19-3)12(14)10-11/h6-7,10,15H,4-5,8-9,14H2,1-3H3. The highest BCUT2D eigenvalue weighted by Crippen LogP contribution is 2.24. The highest BCUT2D eigenvalue weighted by molar-refractivity contribution is 7.89. The predicted octanol–water partition coefficient (Wildman–Crippen LogP) is 0.898. The number of nitrogens with zero attached hydrogens (tertiary/aromatic N) is 1. The molecule has 0 unspecified atom stereocenters. The fourth-order valence-corrected chi connectivity index (χ4v) is 2.83. The predicted molar refractivity (Wildman–Crippen MR) is 80.4 cm³/mol. The summed E-state index contributed by atoms with van der Waals surface area (Å²) in [6.45, 7) is 1.36. The van der Waals surface area contributed by atoms with Crippen molar-refractivity contribution in [1.29, 1.82) is 0 Å². The van der Waals surface area contributed by atoms with Crippen LogP contribution in [-0.4, -0.2) is 47.6 Å². The minimum Gasteiger partial charge on any atom is -0.495 e. The Morgan fingerprint density at radius 1 is 1.30 bits per heavy atom. The second-order valence-corrected chi connectivity index (χ2v) is 6.58. The topological polar surface area (TPSA) is 84.7 Å². The van der Waals surface area contributed by atoms with Gasteiger partial charge in [-0.15, -0.1) is 0 Å². The number of anilines is 1. The molecule has 0 bridgehead atoms. The Kier molecular flexibility index (Phi) is 6.25. The summed E-state index contributed by atoms with van der Waals surface area (Å²) in [7, 11) is 1.96. The van der Waals surface area contributed by atoms with Crippen LogP contribution in [0.3, 0.4) is 0 Å². The van der Waals surface area contributed by atoms with Gasteiger partial charge in [-0.2, -0.15) is 0 Å². The Morgan fingerprint density at radius 3 is 2.55 bits per heavy atom. The van der Waals surface area contributed by atoms with Crippen molar-refractivity contribution in [1.82, 2.24) is 9.62 Å². The van der Waals surface area contributed by atoms with E-state index >= 15 is 0 Å². The third-order valence-electron chi connectivity index (χ3n) is 2.84. The van der Waals surface area contributed by atoms with Crippen LogP contribution in [0.4, 0.5) is 5.69 Å². The fourth-order valence-electron chi connectivity index (χ4n) is 1.72. The summed E-state index contributed by atoms with van der Waals surface area (Å²) in [6, 6.07) is 4.44. The summed E-state index contributed by atoms with van der Waals surface area (Å²) in [5.74, 6) is 0.468. The Balaban J connectivity index is 2.58. The Labute approximate surface area is 121 Å². The number of nitrogens with two attached hydrogens (primary N) is 1. The molecule has 7 heteroatoms. The molecular weight excluding hydrogens is 278 g/mol. The van der Waals surface area contributed by atoms with Crippen LogP contribution in [0.15, 0.2) is 23.1 Å². The van der Waals surface area contributed by atoms with Crippen molar-refractivity contribution >= 4 is 15.7 Å². The lowest BCUT2D eigenvalue weighted by Crippen LogP contribution is -2.25. The zero-order valence-electron chi connectivity index (χ0n) is 12.2. The fraction of sp³-hybridized carbons (Fsp3) is 0.538. The average molecular weight is 301 g/mol. The molecule has 0 spiro atoms. The number of sulfonamides is 1. The van der Waals surface area contributed by atoms with Crippen LogP contribution in [0.2, 0.25) is 0 Å². The SMILES string of the molecule is COc1ccc(S(=O)(=O)NCCCCN(C)C)cc1N. The molecule has 0 heterocycles. The van der Waals surface area contributed by atoms with Gasteiger partial charge >= 0.3 is 0 Å². The molecule has 6 nitrogen and oxygen atoms in total. The molecule has 0 aliphatic heterocycles. The molecular formula is C13H23N3O3S. The monoisotopic (exact) mass is 301 g/mol. The number of hydrogen-bond acceptors (Lipinski definition) is 5. The zero-order valence-corrected chi connectivity index (χ0v) is 13.0. The molecule has 1 aromatic carbocycles. The molecule has 114 valence electrons. The molecule has 0 aliphatic rings. The summed E-state index contributed by atoms with van der Waals surface area (Å²) in [4.78, 5) is 2.22. The van der Waals surface area contributed by atoms with Crippen molar-refractivity contribution in [3.8, 4) is 5.75 Å². The van der Waals surface area contributed by atoms with Crippen LogP contribution in [0.5, 0.6) is 5.75 Å². The van der Waals surface area contributed by atoms with E-state index in [0.29, 0.717) is 18.0 Å². The number of benzene rings is 1. The molecule has 0 saturated heterocycles. The van der Waals surface area contributed by atoms with E-state index in [4.69, 9.17) is 10.5 Å². The first-order valence-corrected chi connectivity index (χ1v) is 7.93. The van der Waals surface area contributed by atoms with Gasteiger partial charge < -0.3 is 15.4 Å². The van der Waals surface area contributed by atoms with E-state index in [1.54, 1.807) is 6.07 Å². The molecule has 0 amide bonds. The minimum atomic E-state index is -3.51. The Bertz CT molecular complexity index is 530. The smallest absolute Gasteiger partial charge is 0.240 e. The molecule has 0 aliphatic carbocycles. The number of methoxy groups -OCH3 is 1. The van der Waals surface area contributed by atoms with E-state index < -0.39 is 10.0 Å². The van der Waals surface area contributed by atoms with E-state index in [0.717, 1.165) is 19.4 Å². The minimum absolute atomic E-state index is 0.156. The van der Waals surface area contributed by atoms with Crippen LogP contribution in [-0.2, 0) is 10.0 Å². The molecule has 1 aromatic rings. The highest BCUT2D eigenvalue weighted by atomic mass is 32.2. The summed E-state index contributed by atoms with van der Waals surface area (Å²) in [6.07, 6.45) is 1.74. The number of rotatable bonds is 8. The van der Waals surface area contributed by atoms with Crippen LogP contribution >= 0.6 is 0 Å². The summed E-state index contributed by atoms with van der Waals surface area (Å²) in [5, 5.41) is 0. The number of nitrogen functional groups attached to an aromatic ring is 1. The maximum absolute atomic E-state index is 12.1. The molecule has 20 heavy (non-hydrogen) atoms. The summed E-state index contributed by atoms with van der Waals surface area (Å²) in [5.41, 5.74) is 6.02. The van der Waals surface area contributed by atoms with Gasteiger partial charge in [0.2, 0.25) is 10.0 Å². The quantitative estimate of drug-likeness (QED) is 0.550. The average Bonchev–Trinajstić information content (AvgIpc) is 2.37. The lowest BCUT2D eigenvalue weighted by atomic mass is 10.3. The van der Waals surface area contributed by atoms with Gasteiger partial charge in [-0.25, -0.2) is 13.1 Å². The lowest BCUT2D eigenvalue weighted by molar-refractivity contribution is 0.394. The molecule has 0 atom stereocenters. The Morgan fingerprint density at radius 2 is 2.00 bits per heavy atom. The number of nitrogens with one attached hydrogen (secondary N) is 1. The van der Waals surface area contributed by atoms with Crippen molar-refractivity contribution in [2.45, 2.75) is 17.7 Å². The van der Waals surface area contributed by atoms with Gasteiger partial charge in [0.25, 0.3) is 0 Å². The van der Waals surface area contributed by atoms with Gasteiger partial charge in [0.05, 0.1) is 17.7 Å². The molecule has 0 aromatic heterocycles. The summed E-state index contributed by atoms with van der Waals surface area (Å²) >= 11 is 0. The maximum atomic E-state index is 12.1. The van der Waals surface area contributed by atoms with Gasteiger partial charge in [0, 0.05) is 6.54 Å². The second kappa shape index (κ2) is 7.47. The van der Waals surface area contributed by atoms with Gasteiger partial charge in [-0.05, 0) is 51.7 Å². The number of hydrogen-bond donors (Lipinski definition) is 2. The van der Waals surface area contributed by atoms with Crippen LogP contribution in [0.1, 0.15) is 12.8 Å². The van der Waals surface area contributed by atoms with Crippen molar-refractivity contribution in [3.05, 3.63) is 18.2 Å². The third kappa shape index (κ3) is 4.99. The molecule has 0 radical (unpaired) electrons. The Hall–Kier alpha value is -1.31. The van der Waals surface area contributed by atoms with Crippen LogP contribution in [0.25, 0.3) is 0 Å². The number of unbranched alkanes of at least 4 members (excludes halogenated alkanes) is 1. The summed E-state index contributed by atoms with van der Waals surface area (Å²) < 4.78 is 31.7. The first-order valence-electron chi connectivity index (χ1n) is 6.44. The molecule has 0 fully saturated rings. The van der Waals surface area contributed by atoms with E-state index in [1.807, 2.05) is 14.1 Å². The molecule has 0 saturated carbocycles. The van der Waals surface area contributed by atoms with E-state index in [2.05, 4.69) is 9.62 Å². The zero-order chi connectivity index (χ0) is 15.2. The first kappa shape index (κ1) is 16.7. The van der Waals surface area contributed by atoms with Crippen LogP contribution < -0.4 is 15.2 Å². The maximum Gasteiger partial charge on any atom is 0.240 e. The van der Waals surface area contributed by atoms with Crippen molar-refractivity contribution in [2.75, 3.05) is 40.0 Å². The first-order chi connectivity index (χ1) is 9.36. The lowest BCUT2D eigenvalue weighted by Gasteiger charge is -2.11. The largest absolute Gasteiger partial charge is 0.495 e. The third-order valence-corrected chi connectivity index (χ3v) is 4.29. The molecule has 1 rings (SSSR count). The molecule has 3 N–H and O–H groups in total. The van der Waals surface area contributed by atoms with E-state index in [9.17, 15) is 8.42 Å². The van der Waals surface area contributed by atoms with Crippen molar-refractivity contribution in [2.24, 2.45) is 0 Å². The van der Waals surface area contributed by atoms with Gasteiger partial charge in [-0.1, -0.05) is 0 Å². The van der Waals surface area contributed by atoms with Crippen molar-refractivity contribution in [3.63, 3.8) is 0 Å². The van der Waals surface area contributed by atoms with E-state index in [1.165, 1.54) is 19.2 Å². The normalized spacial score (nSPS) is 11.8. The highest BCUT2D eigenvalue weighted by Gasteiger charge is 2.14. The van der Waals surface area contributed by atoms with Gasteiger partial charge in [0.1, 0.15) is 5.75 Å².